The van der Waals surface area contributed by atoms with Crippen molar-refractivity contribution in [1.29, 1.82) is 0 Å². The molecule has 4 heterocycles. The number of nitrogens with zero attached hydrogens (tertiary/aromatic N) is 5. The number of rotatable bonds is 4. The average molecular weight is 480 g/mol. The van der Waals surface area contributed by atoms with Gasteiger partial charge in [0.05, 0.1) is 21.8 Å². The smallest absolute Gasteiger partial charge is 0.279 e. The predicted octanol–water partition coefficient (Wildman–Crippen LogP) is 5.00. The Hall–Kier alpha value is -3.23. The molecule has 3 aromatic heterocycles. The average Bonchev–Trinajstić information content (AvgIpc) is 3.48. The summed E-state index contributed by atoms with van der Waals surface area (Å²) in [6.45, 7) is 5.91. The minimum Gasteiger partial charge on any atom is -0.322 e. The lowest BCUT2D eigenvalue weighted by atomic mass is 10.0. The van der Waals surface area contributed by atoms with Crippen LogP contribution < -0.4 is 10.5 Å². The van der Waals surface area contributed by atoms with Crippen LogP contribution in [-0.4, -0.2) is 25.0 Å². The summed E-state index contributed by atoms with van der Waals surface area (Å²) in [5.41, 5.74) is 5.04. The molecular weight excluding hydrogens is 458 g/mol. The summed E-state index contributed by atoms with van der Waals surface area (Å²) in [6, 6.07) is 8.91. The van der Waals surface area contributed by atoms with E-state index in [0.717, 1.165) is 22.0 Å². The zero-order valence-corrected chi connectivity index (χ0v) is 20.2. The van der Waals surface area contributed by atoms with Crippen LogP contribution in [0.1, 0.15) is 53.2 Å². The molecule has 1 atom stereocenters. The zero-order chi connectivity index (χ0) is 23.4. The second-order valence-electron chi connectivity index (χ2n) is 8.43. The molecule has 1 amide bonds. The van der Waals surface area contributed by atoms with Gasteiger partial charge in [-0.05, 0) is 44.5 Å². The van der Waals surface area contributed by atoms with E-state index in [-0.39, 0.29) is 17.5 Å². The lowest BCUT2D eigenvalue weighted by Crippen LogP contribution is -2.32. The van der Waals surface area contributed by atoms with Crippen LogP contribution in [0.25, 0.3) is 10.7 Å². The van der Waals surface area contributed by atoms with E-state index in [9.17, 15) is 9.59 Å². The van der Waals surface area contributed by atoms with Gasteiger partial charge in [-0.25, -0.2) is 4.98 Å². The molecule has 0 saturated heterocycles. The monoisotopic (exact) mass is 479 g/mol. The first-order valence-electron chi connectivity index (χ1n) is 10.5. The second kappa shape index (κ2) is 7.97. The summed E-state index contributed by atoms with van der Waals surface area (Å²) >= 11 is 7.66. The maximum Gasteiger partial charge on any atom is 0.279 e. The van der Waals surface area contributed by atoms with Gasteiger partial charge in [0.1, 0.15) is 6.04 Å². The quantitative estimate of drug-likeness (QED) is 0.413. The Labute approximate surface area is 199 Å². The Bertz CT molecular complexity index is 1390. The van der Waals surface area contributed by atoms with Crippen LogP contribution in [0.15, 0.2) is 53.0 Å². The number of carbonyl (C=O) groups excluding carboxylic acids is 1. The Balaban J connectivity index is 1.79. The van der Waals surface area contributed by atoms with E-state index in [1.54, 1.807) is 42.8 Å². The van der Waals surface area contributed by atoms with Crippen molar-refractivity contribution < 1.29 is 4.79 Å². The maximum atomic E-state index is 13.8. The number of aryl methyl sites for hydroxylation is 2. The lowest BCUT2D eigenvalue weighted by molar-refractivity contribution is 0.0989. The number of halogens is 1. The number of benzene rings is 1. The van der Waals surface area contributed by atoms with Crippen molar-refractivity contribution in [2.75, 3.05) is 4.90 Å². The van der Waals surface area contributed by atoms with Crippen LogP contribution in [-0.2, 0) is 7.05 Å². The number of hydrogen-bond donors (Lipinski definition) is 0. The predicted molar refractivity (Wildman–Crippen MR) is 130 cm³/mol. The standard InChI is InChI=1S/C24H22ClN5O2S/c1-13(2)29-21-19(27-22(29)18-10-26-12-33-18)24(32)30(17-9-14(3)23(31)28(4)11-17)20(21)15-5-7-16(25)8-6-15/h5-13,20H,1-4H3/t20-/m0/s1. The molecule has 4 aromatic rings. The van der Waals surface area contributed by atoms with Crippen molar-refractivity contribution in [3.05, 3.63) is 86.1 Å². The fourth-order valence-electron chi connectivity index (χ4n) is 4.45. The van der Waals surface area contributed by atoms with E-state index in [0.29, 0.717) is 22.0 Å². The minimum atomic E-state index is -0.418. The zero-order valence-electron chi connectivity index (χ0n) is 18.6. The van der Waals surface area contributed by atoms with Crippen molar-refractivity contribution >= 4 is 34.5 Å². The molecule has 0 unspecified atom stereocenters. The first kappa shape index (κ1) is 21.6. The molecule has 168 valence electrons. The van der Waals surface area contributed by atoms with E-state index in [2.05, 4.69) is 23.4 Å². The van der Waals surface area contributed by atoms with Gasteiger partial charge in [0.15, 0.2) is 11.5 Å². The number of pyridine rings is 1. The maximum absolute atomic E-state index is 13.8. The van der Waals surface area contributed by atoms with Gasteiger partial charge < -0.3 is 9.13 Å². The van der Waals surface area contributed by atoms with Gasteiger partial charge in [-0.1, -0.05) is 23.7 Å². The Morgan fingerprint density at radius 2 is 1.88 bits per heavy atom. The van der Waals surface area contributed by atoms with E-state index >= 15 is 0 Å². The molecule has 0 spiro atoms. The molecule has 7 nitrogen and oxygen atoms in total. The van der Waals surface area contributed by atoms with Gasteiger partial charge in [0.25, 0.3) is 11.5 Å². The van der Waals surface area contributed by atoms with E-state index in [4.69, 9.17) is 16.6 Å². The fourth-order valence-corrected chi connectivity index (χ4v) is 5.18. The molecule has 1 aromatic carbocycles. The highest BCUT2D eigenvalue weighted by Gasteiger charge is 2.45. The molecule has 1 aliphatic rings. The van der Waals surface area contributed by atoms with Crippen molar-refractivity contribution in [2.45, 2.75) is 32.9 Å². The number of thiazole rings is 1. The topological polar surface area (TPSA) is 73.0 Å². The lowest BCUT2D eigenvalue weighted by Gasteiger charge is -2.28. The SMILES string of the molecule is Cc1cc(N2C(=O)c3nc(-c4cncs4)n(C(C)C)c3[C@@H]2c2ccc(Cl)cc2)cn(C)c1=O. The van der Waals surface area contributed by atoms with E-state index < -0.39 is 6.04 Å². The Morgan fingerprint density at radius 1 is 1.15 bits per heavy atom. The van der Waals surface area contributed by atoms with Gasteiger partial charge in [-0.2, -0.15) is 0 Å². The van der Waals surface area contributed by atoms with Gasteiger partial charge in [0, 0.05) is 36.1 Å². The molecule has 0 saturated carbocycles. The highest BCUT2D eigenvalue weighted by Crippen LogP contribution is 2.45. The van der Waals surface area contributed by atoms with Crippen LogP contribution in [0.4, 0.5) is 5.69 Å². The Kier molecular flexibility index (Phi) is 5.22. The fraction of sp³-hybridized carbons (Fsp3) is 0.250. The number of aromatic nitrogens is 4. The summed E-state index contributed by atoms with van der Waals surface area (Å²) in [5, 5.41) is 0.621. The molecule has 1 aliphatic heterocycles. The molecule has 0 aliphatic carbocycles. The molecule has 33 heavy (non-hydrogen) atoms. The van der Waals surface area contributed by atoms with E-state index in [1.165, 1.54) is 15.9 Å². The van der Waals surface area contributed by atoms with Crippen LogP contribution in [0, 0.1) is 6.92 Å². The van der Waals surface area contributed by atoms with Gasteiger partial charge in [0.2, 0.25) is 0 Å². The molecule has 0 radical (unpaired) electrons. The number of amides is 1. The summed E-state index contributed by atoms with van der Waals surface area (Å²) in [7, 11) is 1.69. The van der Waals surface area contributed by atoms with Crippen molar-refractivity contribution in [1.82, 2.24) is 19.1 Å². The molecule has 0 N–H and O–H groups in total. The summed E-state index contributed by atoms with van der Waals surface area (Å²) < 4.78 is 3.63. The molecule has 0 fully saturated rings. The third-order valence-corrected chi connectivity index (χ3v) is 6.89. The van der Waals surface area contributed by atoms with Crippen molar-refractivity contribution in [3.8, 4) is 10.7 Å². The third-order valence-electron chi connectivity index (χ3n) is 5.87. The van der Waals surface area contributed by atoms with Gasteiger partial charge >= 0.3 is 0 Å². The summed E-state index contributed by atoms with van der Waals surface area (Å²) in [4.78, 5) is 37.8. The van der Waals surface area contributed by atoms with Crippen LogP contribution in [0.2, 0.25) is 5.02 Å². The number of carbonyl (C=O) groups is 1. The first-order chi connectivity index (χ1) is 15.8. The number of anilines is 1. The number of imidazole rings is 1. The molecule has 5 rings (SSSR count). The van der Waals surface area contributed by atoms with Crippen LogP contribution in [0.5, 0.6) is 0 Å². The van der Waals surface area contributed by atoms with Gasteiger partial charge in [-0.3, -0.25) is 19.5 Å². The Morgan fingerprint density at radius 3 is 2.48 bits per heavy atom. The largest absolute Gasteiger partial charge is 0.322 e. The highest BCUT2D eigenvalue weighted by atomic mass is 35.5. The normalized spacial score (nSPS) is 15.5. The van der Waals surface area contributed by atoms with Crippen molar-refractivity contribution in [3.63, 3.8) is 0 Å². The van der Waals surface area contributed by atoms with Crippen molar-refractivity contribution in [2.24, 2.45) is 7.05 Å². The molecular formula is C24H22ClN5O2S. The second-order valence-corrected chi connectivity index (χ2v) is 9.75. The number of hydrogen-bond acceptors (Lipinski definition) is 5. The first-order valence-corrected chi connectivity index (χ1v) is 11.8. The molecule has 9 heteroatoms. The highest BCUT2D eigenvalue weighted by molar-refractivity contribution is 7.13. The van der Waals surface area contributed by atoms with Crippen LogP contribution >= 0.6 is 22.9 Å². The third kappa shape index (κ3) is 3.41. The van der Waals surface area contributed by atoms with Crippen LogP contribution in [0.3, 0.4) is 0 Å². The number of fused-ring (bicyclic) bond motifs is 1. The molecule has 0 bridgehead atoms. The summed E-state index contributed by atoms with van der Waals surface area (Å²) in [5.74, 6) is 0.536. The summed E-state index contributed by atoms with van der Waals surface area (Å²) in [6.07, 6.45) is 3.47. The van der Waals surface area contributed by atoms with Gasteiger partial charge in [-0.15, -0.1) is 11.3 Å². The minimum absolute atomic E-state index is 0.0581. The van der Waals surface area contributed by atoms with E-state index in [1.807, 2.05) is 24.3 Å².